The maximum absolute atomic E-state index is 5.51. The number of nitrogens with zero attached hydrogens (tertiary/aromatic N) is 1. The molecule has 2 nitrogen and oxygen atoms in total. The van der Waals surface area contributed by atoms with Crippen LogP contribution < -0.4 is 0 Å². The predicted octanol–water partition coefficient (Wildman–Crippen LogP) is 1.81. The predicted molar refractivity (Wildman–Crippen MR) is 59.5 cm³/mol. The number of hydrogen-bond donors (Lipinski definition) is 0. The van der Waals surface area contributed by atoms with E-state index < -0.39 is 0 Å². The summed E-state index contributed by atoms with van der Waals surface area (Å²) >= 11 is 0. The first-order valence-electron chi connectivity index (χ1n) is 5.05. The summed E-state index contributed by atoms with van der Waals surface area (Å²) in [6.45, 7) is 2.63. The van der Waals surface area contributed by atoms with Gasteiger partial charge in [-0.25, -0.2) is 0 Å². The smallest absolute Gasteiger partial charge is 0.0593 e. The average molecular weight is 193 g/mol. The molecule has 0 radical (unpaired) electrons. The van der Waals surface area contributed by atoms with Crippen molar-refractivity contribution < 1.29 is 4.74 Å². The summed E-state index contributed by atoms with van der Waals surface area (Å²) in [6.07, 6.45) is 1.01. The third-order valence-corrected chi connectivity index (χ3v) is 2.06. The van der Waals surface area contributed by atoms with Crippen molar-refractivity contribution in [1.82, 2.24) is 4.90 Å². The second-order valence-electron chi connectivity index (χ2n) is 3.65. The van der Waals surface area contributed by atoms with Crippen LogP contribution in [0.25, 0.3) is 0 Å². The van der Waals surface area contributed by atoms with Crippen LogP contribution in [0.1, 0.15) is 5.56 Å². The number of hydrogen-bond acceptors (Lipinski definition) is 2. The lowest BCUT2D eigenvalue weighted by atomic mass is 10.2. The third kappa shape index (κ3) is 5.00. The third-order valence-electron chi connectivity index (χ3n) is 2.06. The Morgan fingerprint density at radius 3 is 2.43 bits per heavy atom. The zero-order chi connectivity index (χ0) is 10.2. The van der Waals surface area contributed by atoms with Gasteiger partial charge in [0.25, 0.3) is 0 Å². The maximum Gasteiger partial charge on any atom is 0.0593 e. The molecule has 14 heavy (non-hydrogen) atoms. The van der Waals surface area contributed by atoms with Gasteiger partial charge in [-0.05, 0) is 26.1 Å². The quantitative estimate of drug-likeness (QED) is 0.639. The van der Waals surface area contributed by atoms with Crippen molar-refractivity contribution in [3.05, 3.63) is 35.9 Å². The molecule has 0 bridgehead atoms. The summed E-state index contributed by atoms with van der Waals surface area (Å²) in [5.74, 6) is 0. The Morgan fingerprint density at radius 2 is 1.79 bits per heavy atom. The first-order valence-corrected chi connectivity index (χ1v) is 5.05. The number of rotatable bonds is 6. The fourth-order valence-electron chi connectivity index (χ4n) is 1.18. The van der Waals surface area contributed by atoms with Crippen LogP contribution >= 0.6 is 0 Å². The Hall–Kier alpha value is -0.860. The van der Waals surface area contributed by atoms with Gasteiger partial charge in [-0.15, -0.1) is 0 Å². The molecule has 0 amide bonds. The Labute approximate surface area is 86.5 Å². The molecule has 2 heteroatoms. The molecule has 0 saturated carbocycles. The molecule has 0 N–H and O–H groups in total. The molecule has 0 saturated heterocycles. The van der Waals surface area contributed by atoms with Crippen molar-refractivity contribution >= 4 is 0 Å². The summed E-state index contributed by atoms with van der Waals surface area (Å²) in [4.78, 5) is 2.13. The van der Waals surface area contributed by atoms with Gasteiger partial charge in [-0.3, -0.25) is 0 Å². The average Bonchev–Trinajstić information content (AvgIpc) is 2.18. The van der Waals surface area contributed by atoms with Crippen LogP contribution in [0, 0.1) is 0 Å². The molecule has 78 valence electrons. The number of ether oxygens (including phenoxy) is 1. The zero-order valence-electron chi connectivity index (χ0n) is 9.07. The van der Waals surface area contributed by atoms with Crippen LogP contribution in [0.3, 0.4) is 0 Å². The normalized spacial score (nSPS) is 10.8. The van der Waals surface area contributed by atoms with Gasteiger partial charge in [0, 0.05) is 6.54 Å². The molecule has 1 aromatic rings. The van der Waals surface area contributed by atoms with Crippen molar-refractivity contribution in [3.8, 4) is 0 Å². The van der Waals surface area contributed by atoms with Gasteiger partial charge in [0.1, 0.15) is 0 Å². The first-order chi connectivity index (χ1) is 6.79. The Kier molecular flexibility index (Phi) is 5.27. The molecular formula is C12H19NO. The molecule has 0 aromatic heterocycles. The number of likely N-dealkylation sites (N-methyl/N-ethyl adjacent to an activating group) is 1. The molecule has 0 atom stereocenters. The van der Waals surface area contributed by atoms with Crippen molar-refractivity contribution in [2.75, 3.05) is 33.9 Å². The molecule has 0 heterocycles. The van der Waals surface area contributed by atoms with Gasteiger partial charge < -0.3 is 9.64 Å². The van der Waals surface area contributed by atoms with E-state index in [-0.39, 0.29) is 0 Å². The SMILES string of the molecule is CN(C)CCOCCc1ccccc1. The maximum atomic E-state index is 5.51. The van der Waals surface area contributed by atoms with E-state index in [0.717, 1.165) is 26.2 Å². The summed E-state index contributed by atoms with van der Waals surface area (Å²) in [5, 5.41) is 0. The molecule has 0 fully saturated rings. The lowest BCUT2D eigenvalue weighted by Crippen LogP contribution is -2.18. The summed E-state index contributed by atoms with van der Waals surface area (Å²) in [6, 6.07) is 10.4. The topological polar surface area (TPSA) is 12.5 Å². The molecule has 1 rings (SSSR count). The van der Waals surface area contributed by atoms with Crippen molar-refractivity contribution in [3.63, 3.8) is 0 Å². The van der Waals surface area contributed by atoms with E-state index in [2.05, 4.69) is 43.3 Å². The van der Waals surface area contributed by atoms with E-state index in [1.807, 2.05) is 6.07 Å². The summed E-state index contributed by atoms with van der Waals surface area (Å²) < 4.78 is 5.51. The fourth-order valence-corrected chi connectivity index (χ4v) is 1.18. The Balaban J connectivity index is 2.05. The van der Waals surface area contributed by atoms with E-state index >= 15 is 0 Å². The van der Waals surface area contributed by atoms with Crippen LogP contribution in [0.2, 0.25) is 0 Å². The molecule has 0 spiro atoms. The molecule has 0 aliphatic heterocycles. The second-order valence-corrected chi connectivity index (χ2v) is 3.65. The van der Waals surface area contributed by atoms with Crippen LogP contribution in [0.5, 0.6) is 0 Å². The minimum atomic E-state index is 0.817. The van der Waals surface area contributed by atoms with Crippen molar-refractivity contribution in [2.45, 2.75) is 6.42 Å². The lowest BCUT2D eigenvalue weighted by Gasteiger charge is -2.09. The van der Waals surface area contributed by atoms with Crippen LogP contribution in [-0.2, 0) is 11.2 Å². The van der Waals surface area contributed by atoms with Crippen molar-refractivity contribution in [1.29, 1.82) is 0 Å². The molecule has 0 aliphatic rings. The van der Waals surface area contributed by atoms with Gasteiger partial charge in [0.2, 0.25) is 0 Å². The fraction of sp³-hybridized carbons (Fsp3) is 0.500. The van der Waals surface area contributed by atoms with Crippen LogP contribution in [0.15, 0.2) is 30.3 Å². The van der Waals surface area contributed by atoms with Gasteiger partial charge in [-0.1, -0.05) is 30.3 Å². The first kappa shape index (κ1) is 11.2. The van der Waals surface area contributed by atoms with Crippen LogP contribution in [0.4, 0.5) is 0 Å². The largest absolute Gasteiger partial charge is 0.380 e. The number of benzene rings is 1. The Bertz CT molecular complexity index is 233. The van der Waals surface area contributed by atoms with Gasteiger partial charge >= 0.3 is 0 Å². The molecule has 0 aliphatic carbocycles. The lowest BCUT2D eigenvalue weighted by molar-refractivity contribution is 0.120. The highest BCUT2D eigenvalue weighted by molar-refractivity contribution is 5.14. The summed E-state index contributed by atoms with van der Waals surface area (Å²) in [7, 11) is 4.11. The van der Waals surface area contributed by atoms with Crippen molar-refractivity contribution in [2.24, 2.45) is 0 Å². The minimum absolute atomic E-state index is 0.817. The van der Waals surface area contributed by atoms with Gasteiger partial charge in [0.05, 0.1) is 13.2 Å². The minimum Gasteiger partial charge on any atom is -0.380 e. The van der Waals surface area contributed by atoms with E-state index in [9.17, 15) is 0 Å². The highest BCUT2D eigenvalue weighted by Crippen LogP contribution is 1.99. The highest BCUT2D eigenvalue weighted by Gasteiger charge is 1.93. The second kappa shape index (κ2) is 6.57. The van der Waals surface area contributed by atoms with E-state index in [1.54, 1.807) is 0 Å². The van der Waals surface area contributed by atoms with E-state index in [4.69, 9.17) is 4.74 Å². The van der Waals surface area contributed by atoms with Gasteiger partial charge in [-0.2, -0.15) is 0 Å². The molecular weight excluding hydrogens is 174 g/mol. The van der Waals surface area contributed by atoms with Crippen LogP contribution in [-0.4, -0.2) is 38.8 Å². The monoisotopic (exact) mass is 193 g/mol. The van der Waals surface area contributed by atoms with E-state index in [1.165, 1.54) is 5.56 Å². The molecule has 1 aromatic carbocycles. The standard InChI is InChI=1S/C12H19NO/c1-13(2)9-11-14-10-8-12-6-4-3-5-7-12/h3-7H,8-11H2,1-2H3. The zero-order valence-corrected chi connectivity index (χ0v) is 9.07. The van der Waals surface area contributed by atoms with Gasteiger partial charge in [0.15, 0.2) is 0 Å². The van der Waals surface area contributed by atoms with E-state index in [0.29, 0.717) is 0 Å². The highest BCUT2D eigenvalue weighted by atomic mass is 16.5. The Morgan fingerprint density at radius 1 is 1.07 bits per heavy atom. The molecule has 0 unspecified atom stereocenters. The summed E-state index contributed by atoms with van der Waals surface area (Å²) in [5.41, 5.74) is 1.34.